The van der Waals surface area contributed by atoms with Crippen LogP contribution in [0.25, 0.3) is 11.1 Å². The van der Waals surface area contributed by atoms with Crippen molar-refractivity contribution in [2.45, 2.75) is 51.1 Å². The Hall–Kier alpha value is -2.01. The van der Waals surface area contributed by atoms with E-state index >= 15 is 0 Å². The Bertz CT molecular complexity index is 659. The minimum atomic E-state index is -4.66. The maximum atomic E-state index is 12.2. The summed E-state index contributed by atoms with van der Waals surface area (Å²) in [5.74, 6) is -0.204. The summed E-state index contributed by atoms with van der Waals surface area (Å²) in [5.41, 5.74) is 3.05. The van der Waals surface area contributed by atoms with Gasteiger partial charge in [-0.05, 0) is 41.7 Å². The van der Waals surface area contributed by atoms with Crippen LogP contribution in [0.5, 0.6) is 5.75 Å². The fourth-order valence-electron chi connectivity index (χ4n) is 3.23. The van der Waals surface area contributed by atoms with E-state index in [-0.39, 0.29) is 5.75 Å². The topological polar surface area (TPSA) is 21.3 Å². The number of benzene rings is 2. The molecule has 5 heteroatoms. The maximum Gasteiger partial charge on any atom is 0.573 e. The molecule has 0 amide bonds. The molecule has 0 bridgehead atoms. The van der Waals surface area contributed by atoms with Crippen molar-refractivity contribution in [1.29, 1.82) is 0 Å². The first-order valence-corrected chi connectivity index (χ1v) is 8.68. The van der Waals surface area contributed by atoms with Crippen LogP contribution >= 0.6 is 0 Å². The van der Waals surface area contributed by atoms with Gasteiger partial charge in [-0.15, -0.1) is 13.2 Å². The Balaban J connectivity index is 1.58. The van der Waals surface area contributed by atoms with Gasteiger partial charge in [0.1, 0.15) is 5.75 Å². The fourth-order valence-corrected chi connectivity index (χ4v) is 3.23. The van der Waals surface area contributed by atoms with Crippen LogP contribution in [0.3, 0.4) is 0 Å². The van der Waals surface area contributed by atoms with Crippen LogP contribution in [0.2, 0.25) is 0 Å². The molecule has 1 aliphatic rings. The average Bonchev–Trinajstić information content (AvgIpc) is 2.61. The van der Waals surface area contributed by atoms with E-state index in [0.717, 1.165) is 17.7 Å². The third kappa shape index (κ3) is 5.49. The lowest BCUT2D eigenvalue weighted by Gasteiger charge is -2.22. The van der Waals surface area contributed by atoms with Crippen molar-refractivity contribution in [2.24, 2.45) is 0 Å². The molecule has 1 fully saturated rings. The molecule has 2 nitrogen and oxygen atoms in total. The van der Waals surface area contributed by atoms with Crippen LogP contribution in [-0.4, -0.2) is 12.4 Å². The van der Waals surface area contributed by atoms with Gasteiger partial charge in [-0.2, -0.15) is 0 Å². The molecule has 2 aromatic carbocycles. The maximum absolute atomic E-state index is 12.2. The summed E-state index contributed by atoms with van der Waals surface area (Å²) in [6.07, 6.45) is 1.82. The number of alkyl halides is 3. The molecule has 0 atom stereocenters. The molecule has 0 aliphatic heterocycles. The molecule has 1 saturated carbocycles. The molecule has 0 spiro atoms. The first kappa shape index (κ1) is 17.8. The van der Waals surface area contributed by atoms with E-state index in [2.05, 4.69) is 22.2 Å². The lowest BCUT2D eigenvalue weighted by atomic mass is 9.95. The Morgan fingerprint density at radius 3 is 1.96 bits per heavy atom. The summed E-state index contributed by atoms with van der Waals surface area (Å²) in [6.45, 7) is 0.851. The average molecular weight is 349 g/mol. The minimum absolute atomic E-state index is 0.204. The minimum Gasteiger partial charge on any atom is -0.406 e. The zero-order valence-electron chi connectivity index (χ0n) is 14.0. The smallest absolute Gasteiger partial charge is 0.406 e. The third-order valence-electron chi connectivity index (χ3n) is 4.58. The Morgan fingerprint density at radius 2 is 1.40 bits per heavy atom. The molecule has 0 heterocycles. The van der Waals surface area contributed by atoms with Gasteiger partial charge in [-0.3, -0.25) is 0 Å². The van der Waals surface area contributed by atoms with Gasteiger partial charge in [0, 0.05) is 12.6 Å². The van der Waals surface area contributed by atoms with Crippen LogP contribution in [0.4, 0.5) is 13.2 Å². The Kier molecular flexibility index (Phi) is 5.63. The van der Waals surface area contributed by atoms with Gasteiger partial charge in [-0.1, -0.05) is 55.7 Å². The second-order valence-corrected chi connectivity index (χ2v) is 6.48. The number of halogens is 3. The molecule has 3 rings (SSSR count). The quantitative estimate of drug-likeness (QED) is 0.750. The van der Waals surface area contributed by atoms with Crippen molar-refractivity contribution >= 4 is 0 Å². The normalized spacial score (nSPS) is 16.0. The van der Waals surface area contributed by atoms with Crippen molar-refractivity contribution in [3.8, 4) is 16.9 Å². The van der Waals surface area contributed by atoms with Gasteiger partial charge in [0.2, 0.25) is 0 Å². The molecule has 0 saturated heterocycles. The molecule has 134 valence electrons. The summed E-state index contributed by atoms with van der Waals surface area (Å²) in [7, 11) is 0. The number of ether oxygens (including phenoxy) is 1. The highest BCUT2D eigenvalue weighted by Crippen LogP contribution is 2.26. The Morgan fingerprint density at radius 1 is 0.840 bits per heavy atom. The molecular formula is C20H22F3NO. The van der Waals surface area contributed by atoms with E-state index in [4.69, 9.17) is 0 Å². The highest BCUT2D eigenvalue weighted by Gasteiger charge is 2.30. The van der Waals surface area contributed by atoms with Crippen LogP contribution in [-0.2, 0) is 6.54 Å². The monoisotopic (exact) mass is 349 g/mol. The fraction of sp³-hybridized carbons (Fsp3) is 0.400. The predicted octanol–water partition coefficient (Wildman–Crippen LogP) is 5.67. The summed E-state index contributed by atoms with van der Waals surface area (Å²) < 4.78 is 40.5. The van der Waals surface area contributed by atoms with E-state index < -0.39 is 6.36 Å². The van der Waals surface area contributed by atoms with Gasteiger partial charge in [0.25, 0.3) is 0 Å². The molecule has 0 aromatic heterocycles. The van der Waals surface area contributed by atoms with Crippen LogP contribution in [0.15, 0.2) is 48.5 Å². The predicted molar refractivity (Wildman–Crippen MR) is 92.3 cm³/mol. The Labute approximate surface area is 146 Å². The molecular weight excluding hydrogens is 327 g/mol. The molecule has 2 aromatic rings. The van der Waals surface area contributed by atoms with E-state index in [1.54, 1.807) is 12.1 Å². The van der Waals surface area contributed by atoms with Gasteiger partial charge in [0.05, 0.1) is 0 Å². The summed E-state index contributed by atoms with van der Waals surface area (Å²) in [4.78, 5) is 0. The second kappa shape index (κ2) is 7.91. The lowest BCUT2D eigenvalue weighted by Crippen LogP contribution is -2.30. The first-order valence-electron chi connectivity index (χ1n) is 8.68. The SMILES string of the molecule is FC(F)(F)Oc1ccc(-c2ccc(CNC3CCCCC3)cc2)cc1. The van der Waals surface area contributed by atoms with E-state index in [1.807, 2.05) is 12.1 Å². The van der Waals surface area contributed by atoms with Gasteiger partial charge in [0.15, 0.2) is 0 Å². The number of nitrogens with one attached hydrogen (secondary N) is 1. The molecule has 1 N–H and O–H groups in total. The summed E-state index contributed by atoms with van der Waals surface area (Å²) >= 11 is 0. The highest BCUT2D eigenvalue weighted by molar-refractivity contribution is 5.64. The van der Waals surface area contributed by atoms with E-state index in [0.29, 0.717) is 6.04 Å². The van der Waals surface area contributed by atoms with Crippen LogP contribution in [0, 0.1) is 0 Å². The highest BCUT2D eigenvalue weighted by atomic mass is 19.4. The first-order chi connectivity index (χ1) is 12.0. The molecule has 0 unspecified atom stereocenters. The van der Waals surface area contributed by atoms with Crippen LogP contribution < -0.4 is 10.1 Å². The van der Waals surface area contributed by atoms with E-state index in [9.17, 15) is 13.2 Å². The van der Waals surface area contributed by atoms with Crippen molar-refractivity contribution in [3.05, 3.63) is 54.1 Å². The van der Waals surface area contributed by atoms with Gasteiger partial charge in [-0.25, -0.2) is 0 Å². The third-order valence-corrected chi connectivity index (χ3v) is 4.58. The second-order valence-electron chi connectivity index (χ2n) is 6.48. The summed E-state index contributed by atoms with van der Waals surface area (Å²) in [5, 5.41) is 3.60. The van der Waals surface area contributed by atoms with Crippen molar-refractivity contribution < 1.29 is 17.9 Å². The number of hydrogen-bond acceptors (Lipinski definition) is 2. The standard InChI is InChI=1S/C20H22F3NO/c21-20(22,23)25-19-12-10-17(11-13-19)16-8-6-15(7-9-16)14-24-18-4-2-1-3-5-18/h6-13,18,24H,1-5,14H2. The van der Waals surface area contributed by atoms with Crippen molar-refractivity contribution in [3.63, 3.8) is 0 Å². The van der Waals surface area contributed by atoms with Gasteiger partial charge >= 0.3 is 6.36 Å². The zero-order chi connectivity index (χ0) is 17.7. The zero-order valence-corrected chi connectivity index (χ0v) is 14.0. The van der Waals surface area contributed by atoms with Crippen molar-refractivity contribution in [1.82, 2.24) is 5.32 Å². The van der Waals surface area contributed by atoms with Crippen LogP contribution in [0.1, 0.15) is 37.7 Å². The molecule has 0 radical (unpaired) electrons. The number of hydrogen-bond donors (Lipinski definition) is 1. The number of rotatable bonds is 5. The largest absolute Gasteiger partial charge is 0.573 e. The molecule has 25 heavy (non-hydrogen) atoms. The molecule has 1 aliphatic carbocycles. The lowest BCUT2D eigenvalue weighted by molar-refractivity contribution is -0.274. The van der Waals surface area contributed by atoms with E-state index in [1.165, 1.54) is 49.8 Å². The van der Waals surface area contributed by atoms with Gasteiger partial charge < -0.3 is 10.1 Å². The van der Waals surface area contributed by atoms with Crippen molar-refractivity contribution in [2.75, 3.05) is 0 Å². The summed E-state index contributed by atoms with van der Waals surface area (Å²) in [6, 6.07) is 14.7.